The summed E-state index contributed by atoms with van der Waals surface area (Å²) in [5, 5.41) is 18.1. The summed E-state index contributed by atoms with van der Waals surface area (Å²) in [5.74, 6) is 0.852. The highest BCUT2D eigenvalue weighted by Crippen LogP contribution is 2.21. The molecule has 0 bridgehead atoms. The van der Waals surface area contributed by atoms with Crippen LogP contribution in [-0.2, 0) is 10.3 Å². The van der Waals surface area contributed by atoms with E-state index in [-0.39, 0.29) is 6.10 Å². The van der Waals surface area contributed by atoms with E-state index in [0.29, 0.717) is 5.69 Å². The number of nitrogens with zero attached hydrogens (tertiary/aromatic N) is 3. The van der Waals surface area contributed by atoms with E-state index < -0.39 is 5.60 Å². The van der Waals surface area contributed by atoms with Gasteiger partial charge >= 0.3 is 0 Å². The van der Waals surface area contributed by atoms with Crippen molar-refractivity contribution < 1.29 is 9.84 Å². The van der Waals surface area contributed by atoms with Gasteiger partial charge in [0.15, 0.2) is 5.82 Å². The molecule has 0 spiro atoms. The fourth-order valence-electron chi connectivity index (χ4n) is 2.16. The second kappa shape index (κ2) is 5.20. The van der Waals surface area contributed by atoms with E-state index in [4.69, 9.17) is 4.74 Å². The normalized spacial score (nSPS) is 21.1. The average molecular weight is 251 g/mol. The van der Waals surface area contributed by atoms with E-state index >= 15 is 0 Å². The highest BCUT2D eigenvalue weighted by atomic mass is 16.5. The SMILES string of the molecule is CO[C@H]1CCCN(c2ccc(C(C)(C)O)nn2)C1. The van der Waals surface area contributed by atoms with Crippen molar-refractivity contribution in [2.45, 2.75) is 38.4 Å². The van der Waals surface area contributed by atoms with E-state index in [0.717, 1.165) is 31.7 Å². The van der Waals surface area contributed by atoms with Gasteiger partial charge in [-0.05, 0) is 38.8 Å². The summed E-state index contributed by atoms with van der Waals surface area (Å²) >= 11 is 0. The standard InChI is InChI=1S/C13H21N3O2/c1-13(2,17)11-6-7-12(15-14-11)16-8-4-5-10(9-16)18-3/h6-7,10,17H,4-5,8-9H2,1-3H3/t10-/m0/s1. The molecule has 0 amide bonds. The molecular formula is C13H21N3O2. The molecule has 2 rings (SSSR count). The fraction of sp³-hybridized carbons (Fsp3) is 0.692. The zero-order valence-corrected chi connectivity index (χ0v) is 11.3. The molecule has 2 heterocycles. The molecule has 5 nitrogen and oxygen atoms in total. The van der Waals surface area contributed by atoms with Crippen LogP contribution in [0, 0.1) is 0 Å². The third-order valence-corrected chi connectivity index (χ3v) is 3.31. The first kappa shape index (κ1) is 13.2. The predicted octanol–water partition coefficient (Wildman–Crippen LogP) is 1.32. The van der Waals surface area contributed by atoms with Crippen LogP contribution in [0.1, 0.15) is 32.4 Å². The third kappa shape index (κ3) is 2.97. The molecule has 1 saturated heterocycles. The Bertz CT molecular complexity index is 386. The summed E-state index contributed by atoms with van der Waals surface area (Å²) in [6.45, 7) is 5.25. The number of ether oxygens (including phenoxy) is 1. The van der Waals surface area contributed by atoms with Crippen LogP contribution in [0.3, 0.4) is 0 Å². The molecule has 1 aliphatic heterocycles. The van der Waals surface area contributed by atoms with Gasteiger partial charge in [0.05, 0.1) is 11.8 Å². The Balaban J connectivity index is 2.09. The van der Waals surface area contributed by atoms with Crippen molar-refractivity contribution in [2.75, 3.05) is 25.1 Å². The molecular weight excluding hydrogens is 230 g/mol. The summed E-state index contributed by atoms with van der Waals surface area (Å²) < 4.78 is 5.39. The van der Waals surface area contributed by atoms with Crippen LogP contribution in [0.15, 0.2) is 12.1 Å². The smallest absolute Gasteiger partial charge is 0.151 e. The van der Waals surface area contributed by atoms with Crippen molar-refractivity contribution in [1.82, 2.24) is 10.2 Å². The van der Waals surface area contributed by atoms with Gasteiger partial charge < -0.3 is 14.7 Å². The molecule has 18 heavy (non-hydrogen) atoms. The lowest BCUT2D eigenvalue weighted by atomic mass is 10.1. The summed E-state index contributed by atoms with van der Waals surface area (Å²) in [5.41, 5.74) is -0.353. The minimum Gasteiger partial charge on any atom is -0.384 e. The second-order valence-corrected chi connectivity index (χ2v) is 5.28. The number of hydrogen-bond donors (Lipinski definition) is 1. The van der Waals surface area contributed by atoms with Crippen molar-refractivity contribution >= 4 is 5.82 Å². The summed E-state index contributed by atoms with van der Waals surface area (Å²) in [6, 6.07) is 3.75. The molecule has 0 radical (unpaired) electrons. The molecule has 5 heteroatoms. The van der Waals surface area contributed by atoms with Gasteiger partial charge in [0.2, 0.25) is 0 Å². The Morgan fingerprint density at radius 3 is 2.72 bits per heavy atom. The molecule has 1 N–H and O–H groups in total. The Labute approximate surface area is 108 Å². The van der Waals surface area contributed by atoms with E-state index in [1.807, 2.05) is 12.1 Å². The number of rotatable bonds is 3. The van der Waals surface area contributed by atoms with Gasteiger partial charge in [0.25, 0.3) is 0 Å². The van der Waals surface area contributed by atoms with Crippen LogP contribution in [-0.4, -0.2) is 41.6 Å². The largest absolute Gasteiger partial charge is 0.384 e. The molecule has 1 atom stereocenters. The summed E-state index contributed by atoms with van der Waals surface area (Å²) in [6.07, 6.45) is 2.48. The highest BCUT2D eigenvalue weighted by molar-refractivity contribution is 5.38. The Morgan fingerprint density at radius 2 is 2.17 bits per heavy atom. The lowest BCUT2D eigenvalue weighted by molar-refractivity contribution is 0.0727. The first-order valence-electron chi connectivity index (χ1n) is 6.35. The van der Waals surface area contributed by atoms with Crippen LogP contribution in [0.2, 0.25) is 0 Å². The maximum Gasteiger partial charge on any atom is 0.151 e. The van der Waals surface area contributed by atoms with Crippen molar-refractivity contribution in [3.63, 3.8) is 0 Å². The summed E-state index contributed by atoms with van der Waals surface area (Å²) in [4.78, 5) is 2.18. The molecule has 0 unspecified atom stereocenters. The van der Waals surface area contributed by atoms with Crippen LogP contribution in [0.5, 0.6) is 0 Å². The number of methoxy groups -OCH3 is 1. The highest BCUT2D eigenvalue weighted by Gasteiger charge is 2.22. The topological polar surface area (TPSA) is 58.5 Å². The van der Waals surface area contributed by atoms with Crippen LogP contribution in [0.25, 0.3) is 0 Å². The minimum absolute atomic E-state index is 0.273. The zero-order valence-electron chi connectivity index (χ0n) is 11.3. The maximum absolute atomic E-state index is 9.83. The van der Waals surface area contributed by atoms with Crippen molar-refractivity contribution in [3.8, 4) is 0 Å². The van der Waals surface area contributed by atoms with E-state index in [1.165, 1.54) is 0 Å². The van der Waals surface area contributed by atoms with Crippen molar-refractivity contribution in [3.05, 3.63) is 17.8 Å². The quantitative estimate of drug-likeness (QED) is 0.878. The van der Waals surface area contributed by atoms with Gasteiger partial charge in [0, 0.05) is 20.2 Å². The maximum atomic E-state index is 9.83. The lowest BCUT2D eigenvalue weighted by Crippen LogP contribution is -2.39. The lowest BCUT2D eigenvalue weighted by Gasteiger charge is -2.32. The third-order valence-electron chi connectivity index (χ3n) is 3.31. The molecule has 0 aromatic carbocycles. The number of piperidine rings is 1. The molecule has 100 valence electrons. The van der Waals surface area contributed by atoms with Crippen molar-refractivity contribution in [1.29, 1.82) is 0 Å². The van der Waals surface area contributed by atoms with Gasteiger partial charge in [-0.3, -0.25) is 0 Å². The van der Waals surface area contributed by atoms with Gasteiger partial charge in [-0.1, -0.05) is 0 Å². The second-order valence-electron chi connectivity index (χ2n) is 5.28. The monoisotopic (exact) mass is 251 g/mol. The Morgan fingerprint density at radius 1 is 1.39 bits per heavy atom. The number of aromatic nitrogens is 2. The number of aliphatic hydroxyl groups is 1. The molecule has 1 aromatic heterocycles. The van der Waals surface area contributed by atoms with Gasteiger partial charge in [-0.2, -0.15) is 5.10 Å². The van der Waals surface area contributed by atoms with E-state index in [2.05, 4.69) is 15.1 Å². The van der Waals surface area contributed by atoms with Gasteiger partial charge in [-0.25, -0.2) is 0 Å². The molecule has 1 fully saturated rings. The molecule has 1 aromatic rings. The molecule has 0 aliphatic carbocycles. The zero-order chi connectivity index (χ0) is 13.2. The number of anilines is 1. The Kier molecular flexibility index (Phi) is 3.82. The van der Waals surface area contributed by atoms with Crippen molar-refractivity contribution in [2.24, 2.45) is 0 Å². The minimum atomic E-state index is -0.942. The number of hydrogen-bond acceptors (Lipinski definition) is 5. The van der Waals surface area contributed by atoms with Crippen LogP contribution in [0.4, 0.5) is 5.82 Å². The van der Waals surface area contributed by atoms with Crippen LogP contribution < -0.4 is 4.90 Å². The van der Waals surface area contributed by atoms with E-state index in [1.54, 1.807) is 21.0 Å². The summed E-state index contributed by atoms with van der Waals surface area (Å²) in [7, 11) is 1.75. The van der Waals surface area contributed by atoms with Crippen LogP contribution >= 0.6 is 0 Å². The molecule has 0 saturated carbocycles. The van der Waals surface area contributed by atoms with Gasteiger partial charge in [0.1, 0.15) is 5.60 Å². The first-order chi connectivity index (χ1) is 8.50. The first-order valence-corrected chi connectivity index (χ1v) is 6.35. The fourth-order valence-corrected chi connectivity index (χ4v) is 2.16. The average Bonchev–Trinajstić information content (AvgIpc) is 2.38. The molecule has 1 aliphatic rings. The van der Waals surface area contributed by atoms with Gasteiger partial charge in [-0.15, -0.1) is 5.10 Å². The van der Waals surface area contributed by atoms with E-state index in [9.17, 15) is 5.11 Å². The predicted molar refractivity (Wildman–Crippen MR) is 69.5 cm³/mol. The Hall–Kier alpha value is -1.20.